The van der Waals surface area contributed by atoms with Crippen molar-refractivity contribution in [1.29, 1.82) is 0 Å². The first-order valence-corrected chi connectivity index (χ1v) is 6.85. The summed E-state index contributed by atoms with van der Waals surface area (Å²) in [7, 11) is 0. The lowest BCUT2D eigenvalue weighted by Gasteiger charge is -2.29. The number of nitrogens with zero attached hydrogens (tertiary/aromatic N) is 2. The molecule has 1 aliphatic rings. The molecule has 1 saturated carbocycles. The smallest absolute Gasteiger partial charge is 0.115 e. The number of rotatable bonds is 5. The summed E-state index contributed by atoms with van der Waals surface area (Å²) in [6, 6.07) is 0.698. The van der Waals surface area contributed by atoms with Crippen molar-refractivity contribution in [2.24, 2.45) is 5.92 Å². The van der Waals surface area contributed by atoms with Gasteiger partial charge in [0, 0.05) is 30.5 Å². The fourth-order valence-corrected chi connectivity index (χ4v) is 2.75. The summed E-state index contributed by atoms with van der Waals surface area (Å²) >= 11 is 0. The third-order valence-electron chi connectivity index (χ3n) is 3.75. The molecule has 1 aromatic rings. The van der Waals surface area contributed by atoms with E-state index >= 15 is 0 Å². The number of aromatic nitrogens is 2. The maximum atomic E-state index is 4.03. The van der Waals surface area contributed by atoms with Crippen LogP contribution in [0.5, 0.6) is 0 Å². The van der Waals surface area contributed by atoms with Gasteiger partial charge in [-0.2, -0.15) is 0 Å². The highest BCUT2D eigenvalue weighted by atomic mass is 14.9. The van der Waals surface area contributed by atoms with Gasteiger partial charge in [0.15, 0.2) is 0 Å². The van der Waals surface area contributed by atoms with E-state index in [1.54, 1.807) is 6.33 Å². The van der Waals surface area contributed by atoms with Crippen LogP contribution in [0.2, 0.25) is 0 Å². The zero-order chi connectivity index (χ0) is 11.9. The molecule has 0 bridgehead atoms. The molecule has 1 aliphatic carbocycles. The second-order valence-electron chi connectivity index (χ2n) is 5.13. The Kier molecular flexibility index (Phi) is 4.92. The summed E-state index contributed by atoms with van der Waals surface area (Å²) in [5, 5.41) is 3.62. The molecule has 0 atom stereocenters. The van der Waals surface area contributed by atoms with E-state index in [1.165, 1.54) is 44.1 Å². The monoisotopic (exact) mass is 233 g/mol. The van der Waals surface area contributed by atoms with E-state index in [2.05, 4.69) is 22.2 Å². The predicted molar refractivity (Wildman–Crippen MR) is 69.5 cm³/mol. The van der Waals surface area contributed by atoms with Gasteiger partial charge in [-0.25, -0.2) is 9.97 Å². The molecule has 1 N–H and O–H groups in total. The first-order chi connectivity index (χ1) is 8.38. The lowest BCUT2D eigenvalue weighted by Crippen LogP contribution is -2.32. The van der Waals surface area contributed by atoms with Gasteiger partial charge >= 0.3 is 0 Å². The van der Waals surface area contributed by atoms with Crippen LogP contribution in [0.15, 0.2) is 18.7 Å². The molecule has 17 heavy (non-hydrogen) atoms. The van der Waals surface area contributed by atoms with Crippen LogP contribution in [0.4, 0.5) is 0 Å². The standard InChI is InChI=1S/C14H23N3/c1-2-3-12-4-6-14(7-5-12)17-10-13-8-15-11-16-9-13/h8-9,11-12,14,17H,2-7,10H2,1H3. The van der Waals surface area contributed by atoms with Gasteiger partial charge in [0.25, 0.3) is 0 Å². The Morgan fingerprint density at radius 1 is 1.18 bits per heavy atom. The second-order valence-corrected chi connectivity index (χ2v) is 5.13. The van der Waals surface area contributed by atoms with Gasteiger partial charge in [-0.05, 0) is 31.6 Å². The van der Waals surface area contributed by atoms with Crippen LogP contribution < -0.4 is 5.32 Å². The Morgan fingerprint density at radius 3 is 2.53 bits per heavy atom. The largest absolute Gasteiger partial charge is 0.310 e. The molecule has 0 aliphatic heterocycles. The number of hydrogen-bond acceptors (Lipinski definition) is 3. The third-order valence-corrected chi connectivity index (χ3v) is 3.75. The normalized spacial score (nSPS) is 24.8. The topological polar surface area (TPSA) is 37.8 Å². The molecule has 1 aromatic heterocycles. The molecule has 94 valence electrons. The molecular weight excluding hydrogens is 210 g/mol. The Balaban J connectivity index is 1.68. The Bertz CT molecular complexity index is 305. The van der Waals surface area contributed by atoms with Crippen LogP contribution in [0, 0.1) is 5.92 Å². The first-order valence-electron chi connectivity index (χ1n) is 6.85. The minimum Gasteiger partial charge on any atom is -0.310 e. The summed E-state index contributed by atoms with van der Waals surface area (Å²) in [5.74, 6) is 0.984. The van der Waals surface area contributed by atoms with E-state index in [-0.39, 0.29) is 0 Å². The van der Waals surface area contributed by atoms with Gasteiger partial charge in [0.1, 0.15) is 6.33 Å². The molecule has 0 aromatic carbocycles. The average Bonchev–Trinajstić information content (AvgIpc) is 2.40. The van der Waals surface area contributed by atoms with Crippen molar-refractivity contribution in [3.8, 4) is 0 Å². The predicted octanol–water partition coefficient (Wildman–Crippen LogP) is 2.93. The second kappa shape index (κ2) is 6.70. The van der Waals surface area contributed by atoms with E-state index < -0.39 is 0 Å². The highest BCUT2D eigenvalue weighted by Crippen LogP contribution is 2.27. The van der Waals surface area contributed by atoms with Crippen molar-refractivity contribution in [2.75, 3.05) is 0 Å². The molecule has 1 heterocycles. The van der Waals surface area contributed by atoms with E-state index in [0.29, 0.717) is 6.04 Å². The van der Waals surface area contributed by atoms with Crippen LogP contribution in [0.25, 0.3) is 0 Å². The molecule has 3 heteroatoms. The van der Waals surface area contributed by atoms with Crippen molar-refractivity contribution in [1.82, 2.24) is 15.3 Å². The SMILES string of the molecule is CCCC1CCC(NCc2cncnc2)CC1. The highest BCUT2D eigenvalue weighted by molar-refractivity contribution is 5.01. The summed E-state index contributed by atoms with van der Waals surface area (Å²) < 4.78 is 0. The van der Waals surface area contributed by atoms with E-state index in [0.717, 1.165) is 12.5 Å². The van der Waals surface area contributed by atoms with Gasteiger partial charge in [-0.3, -0.25) is 0 Å². The van der Waals surface area contributed by atoms with E-state index in [9.17, 15) is 0 Å². The number of nitrogens with one attached hydrogen (secondary N) is 1. The van der Waals surface area contributed by atoms with E-state index in [4.69, 9.17) is 0 Å². The fourth-order valence-electron chi connectivity index (χ4n) is 2.75. The van der Waals surface area contributed by atoms with Gasteiger partial charge in [-0.15, -0.1) is 0 Å². The molecule has 0 unspecified atom stereocenters. The van der Waals surface area contributed by atoms with Gasteiger partial charge < -0.3 is 5.32 Å². The third kappa shape index (κ3) is 4.08. The molecule has 0 saturated heterocycles. The zero-order valence-electron chi connectivity index (χ0n) is 10.7. The molecule has 2 rings (SSSR count). The van der Waals surface area contributed by atoms with Crippen molar-refractivity contribution < 1.29 is 0 Å². The molecule has 0 spiro atoms. The van der Waals surface area contributed by atoms with Gasteiger partial charge in [0.2, 0.25) is 0 Å². The Hall–Kier alpha value is -0.960. The molecule has 0 amide bonds. The van der Waals surface area contributed by atoms with Crippen LogP contribution in [0.1, 0.15) is 51.0 Å². The maximum Gasteiger partial charge on any atom is 0.115 e. The Labute approximate surface area is 104 Å². The van der Waals surface area contributed by atoms with Crippen molar-refractivity contribution in [3.05, 3.63) is 24.3 Å². The minimum absolute atomic E-state index is 0.698. The molecule has 1 fully saturated rings. The summed E-state index contributed by atoms with van der Waals surface area (Å²) in [4.78, 5) is 8.07. The average molecular weight is 233 g/mol. The molecule has 3 nitrogen and oxygen atoms in total. The first kappa shape index (κ1) is 12.5. The van der Waals surface area contributed by atoms with Crippen LogP contribution in [-0.2, 0) is 6.54 Å². The fraction of sp³-hybridized carbons (Fsp3) is 0.714. The number of hydrogen-bond donors (Lipinski definition) is 1. The molecule has 0 radical (unpaired) electrons. The zero-order valence-corrected chi connectivity index (χ0v) is 10.7. The van der Waals surface area contributed by atoms with Gasteiger partial charge in [-0.1, -0.05) is 19.8 Å². The van der Waals surface area contributed by atoms with Crippen LogP contribution in [0.3, 0.4) is 0 Å². The van der Waals surface area contributed by atoms with Gasteiger partial charge in [0.05, 0.1) is 0 Å². The van der Waals surface area contributed by atoms with Crippen LogP contribution in [-0.4, -0.2) is 16.0 Å². The lowest BCUT2D eigenvalue weighted by atomic mass is 9.83. The molecular formula is C14H23N3. The highest BCUT2D eigenvalue weighted by Gasteiger charge is 2.19. The van der Waals surface area contributed by atoms with E-state index in [1.807, 2.05) is 12.4 Å². The quantitative estimate of drug-likeness (QED) is 0.849. The van der Waals surface area contributed by atoms with Crippen molar-refractivity contribution >= 4 is 0 Å². The summed E-state index contributed by atoms with van der Waals surface area (Å²) in [6.45, 7) is 3.20. The summed E-state index contributed by atoms with van der Waals surface area (Å²) in [5.41, 5.74) is 1.18. The lowest BCUT2D eigenvalue weighted by molar-refractivity contribution is 0.277. The minimum atomic E-state index is 0.698. The van der Waals surface area contributed by atoms with Crippen molar-refractivity contribution in [2.45, 2.75) is 58.0 Å². The van der Waals surface area contributed by atoms with Crippen molar-refractivity contribution in [3.63, 3.8) is 0 Å². The Morgan fingerprint density at radius 2 is 1.88 bits per heavy atom. The maximum absolute atomic E-state index is 4.03. The van der Waals surface area contributed by atoms with Crippen LogP contribution >= 0.6 is 0 Å². The summed E-state index contributed by atoms with van der Waals surface area (Å²) in [6.07, 6.45) is 13.6.